The molecule has 0 unspecified atom stereocenters. The molecule has 16 heavy (non-hydrogen) atoms. The smallest absolute Gasteiger partial charge is 0.185 e. The van der Waals surface area contributed by atoms with Crippen LogP contribution in [0.3, 0.4) is 0 Å². The monoisotopic (exact) mass is 214 g/mol. The zero-order chi connectivity index (χ0) is 11.5. The van der Waals surface area contributed by atoms with E-state index in [4.69, 9.17) is 0 Å². The Kier molecular flexibility index (Phi) is 2.91. The average molecular weight is 214 g/mol. The number of ketones is 1. The highest BCUT2D eigenvalue weighted by atomic mass is 16.3. The van der Waals surface area contributed by atoms with Gasteiger partial charge in [0.1, 0.15) is 5.75 Å². The first-order valence-electron chi connectivity index (χ1n) is 5.39. The molecule has 0 fully saturated rings. The lowest BCUT2D eigenvalue weighted by Crippen LogP contribution is -2.06. The van der Waals surface area contributed by atoms with Crippen LogP contribution in [0.15, 0.2) is 36.4 Å². The van der Waals surface area contributed by atoms with Gasteiger partial charge in [-0.3, -0.25) is 4.79 Å². The minimum Gasteiger partial charge on any atom is -0.508 e. The second kappa shape index (κ2) is 4.35. The van der Waals surface area contributed by atoms with E-state index in [2.05, 4.69) is 0 Å². The third kappa shape index (κ3) is 1.78. The number of hydrogen-bond acceptors (Lipinski definition) is 2. The van der Waals surface area contributed by atoms with Crippen molar-refractivity contribution in [3.63, 3.8) is 0 Å². The molecule has 1 aromatic rings. The van der Waals surface area contributed by atoms with Gasteiger partial charge in [0.2, 0.25) is 0 Å². The average Bonchev–Trinajstić information content (AvgIpc) is 2.30. The van der Waals surface area contributed by atoms with Gasteiger partial charge >= 0.3 is 0 Å². The van der Waals surface area contributed by atoms with E-state index in [1.165, 1.54) is 0 Å². The Bertz CT molecular complexity index is 482. The van der Waals surface area contributed by atoms with Gasteiger partial charge < -0.3 is 5.11 Å². The number of benzene rings is 1. The molecule has 0 bridgehead atoms. The van der Waals surface area contributed by atoms with E-state index in [1.54, 1.807) is 24.3 Å². The van der Waals surface area contributed by atoms with Crippen LogP contribution in [0.25, 0.3) is 0 Å². The van der Waals surface area contributed by atoms with Crippen LogP contribution in [0.1, 0.15) is 28.4 Å². The molecule has 0 amide bonds. The van der Waals surface area contributed by atoms with Crippen molar-refractivity contribution in [1.82, 2.24) is 0 Å². The normalized spacial score (nSPS) is 14.1. The van der Waals surface area contributed by atoms with Gasteiger partial charge in [0.15, 0.2) is 5.78 Å². The van der Waals surface area contributed by atoms with E-state index < -0.39 is 0 Å². The predicted octanol–water partition coefficient (Wildman–Crippen LogP) is 2.81. The molecule has 2 heteroatoms. The van der Waals surface area contributed by atoms with Crippen LogP contribution in [-0.2, 0) is 12.8 Å². The number of carbonyl (C=O) groups excluding carboxylic acids is 1. The van der Waals surface area contributed by atoms with Crippen molar-refractivity contribution >= 4 is 5.78 Å². The van der Waals surface area contributed by atoms with Gasteiger partial charge in [-0.2, -0.15) is 0 Å². The molecule has 1 aliphatic carbocycles. The van der Waals surface area contributed by atoms with Crippen LogP contribution in [0, 0.1) is 0 Å². The summed E-state index contributed by atoms with van der Waals surface area (Å²) in [5, 5.41) is 9.73. The molecule has 0 aromatic heterocycles. The quantitative estimate of drug-likeness (QED) is 0.467. The Morgan fingerprint density at radius 3 is 2.62 bits per heavy atom. The van der Waals surface area contributed by atoms with Gasteiger partial charge in [-0.25, -0.2) is 0 Å². The fourth-order valence-corrected chi connectivity index (χ4v) is 2.02. The molecular formula is C14H14O2. The fraction of sp³-hybridized carbons (Fsp3) is 0.214. The van der Waals surface area contributed by atoms with Crippen LogP contribution in [0.2, 0.25) is 0 Å². The number of rotatable bonds is 2. The van der Waals surface area contributed by atoms with Crippen LogP contribution in [0.5, 0.6) is 5.75 Å². The highest BCUT2D eigenvalue weighted by Gasteiger charge is 2.16. The lowest BCUT2D eigenvalue weighted by atomic mass is 9.90. The summed E-state index contributed by atoms with van der Waals surface area (Å²) in [5.41, 5.74) is 2.55. The highest BCUT2D eigenvalue weighted by Crippen LogP contribution is 2.29. The summed E-state index contributed by atoms with van der Waals surface area (Å²) >= 11 is 0. The number of allylic oxidation sites excluding steroid dienone is 4. The molecular weight excluding hydrogens is 200 g/mol. The summed E-state index contributed by atoms with van der Waals surface area (Å²) in [5.74, 6) is 0.297. The first-order valence-corrected chi connectivity index (χ1v) is 5.39. The van der Waals surface area contributed by atoms with E-state index in [1.807, 2.05) is 19.1 Å². The lowest BCUT2D eigenvalue weighted by molar-refractivity contribution is 0.104. The molecule has 0 atom stereocenters. The van der Waals surface area contributed by atoms with Crippen molar-refractivity contribution in [2.45, 2.75) is 19.8 Å². The summed E-state index contributed by atoms with van der Waals surface area (Å²) in [6.07, 6.45) is 8.78. The Labute approximate surface area is 94.9 Å². The third-order valence-corrected chi connectivity index (χ3v) is 2.80. The molecule has 2 rings (SSSR count). The van der Waals surface area contributed by atoms with Crippen molar-refractivity contribution in [3.05, 3.63) is 53.1 Å². The second-order valence-electron chi connectivity index (χ2n) is 3.83. The van der Waals surface area contributed by atoms with E-state index in [-0.39, 0.29) is 11.5 Å². The fourth-order valence-electron chi connectivity index (χ4n) is 2.02. The zero-order valence-electron chi connectivity index (χ0n) is 9.23. The van der Waals surface area contributed by atoms with Crippen molar-refractivity contribution in [1.29, 1.82) is 0 Å². The number of phenolic OH excluding ortho intramolecular Hbond substituents is 1. The minimum atomic E-state index is 0.00838. The van der Waals surface area contributed by atoms with Crippen LogP contribution >= 0.6 is 0 Å². The highest BCUT2D eigenvalue weighted by molar-refractivity contribution is 6.06. The van der Waals surface area contributed by atoms with E-state index >= 15 is 0 Å². The molecule has 1 aromatic carbocycles. The number of phenols is 1. The SMILES string of the molecule is C/C=C/C(=O)c1ccc(O)c2c1CC=CC2. The predicted molar refractivity (Wildman–Crippen MR) is 63.8 cm³/mol. The van der Waals surface area contributed by atoms with Crippen molar-refractivity contribution < 1.29 is 9.90 Å². The maximum Gasteiger partial charge on any atom is 0.185 e. The van der Waals surface area contributed by atoms with Gasteiger partial charge in [0.25, 0.3) is 0 Å². The van der Waals surface area contributed by atoms with Crippen molar-refractivity contribution in [2.24, 2.45) is 0 Å². The van der Waals surface area contributed by atoms with Gasteiger partial charge in [-0.05, 0) is 43.5 Å². The molecule has 2 nitrogen and oxygen atoms in total. The van der Waals surface area contributed by atoms with Gasteiger partial charge in [0.05, 0.1) is 0 Å². The lowest BCUT2D eigenvalue weighted by Gasteiger charge is -2.15. The molecule has 1 N–H and O–H groups in total. The Morgan fingerprint density at radius 1 is 1.25 bits per heavy atom. The summed E-state index contributed by atoms with van der Waals surface area (Å²) in [6.45, 7) is 1.82. The molecule has 1 aliphatic rings. The molecule has 0 radical (unpaired) electrons. The van der Waals surface area contributed by atoms with E-state index in [0.717, 1.165) is 17.5 Å². The minimum absolute atomic E-state index is 0.00838. The number of carbonyl (C=O) groups is 1. The largest absolute Gasteiger partial charge is 0.508 e. The maximum atomic E-state index is 11.8. The summed E-state index contributed by atoms with van der Waals surface area (Å²) < 4.78 is 0. The first-order chi connectivity index (χ1) is 7.74. The van der Waals surface area contributed by atoms with Crippen LogP contribution < -0.4 is 0 Å². The molecule has 0 saturated heterocycles. The molecule has 82 valence electrons. The maximum absolute atomic E-state index is 11.8. The van der Waals surface area contributed by atoms with E-state index in [0.29, 0.717) is 12.0 Å². The zero-order valence-corrected chi connectivity index (χ0v) is 9.23. The van der Waals surface area contributed by atoms with E-state index in [9.17, 15) is 9.90 Å². The Hall–Kier alpha value is -1.83. The Balaban J connectivity index is 2.53. The van der Waals surface area contributed by atoms with Crippen molar-refractivity contribution in [2.75, 3.05) is 0 Å². The van der Waals surface area contributed by atoms with Crippen LogP contribution in [0.4, 0.5) is 0 Å². The topological polar surface area (TPSA) is 37.3 Å². The standard InChI is InChI=1S/C14H14O2/c1-2-5-13(15)12-8-9-14(16)11-7-4-3-6-10(11)12/h2-5,8-9,16H,6-7H2,1H3/b5-2+. The number of aromatic hydroxyl groups is 1. The second-order valence-corrected chi connectivity index (χ2v) is 3.83. The summed E-state index contributed by atoms with van der Waals surface area (Å²) in [6, 6.07) is 3.31. The molecule has 0 aliphatic heterocycles. The molecule has 0 saturated carbocycles. The van der Waals surface area contributed by atoms with Gasteiger partial charge in [0, 0.05) is 11.1 Å². The van der Waals surface area contributed by atoms with Crippen LogP contribution in [-0.4, -0.2) is 10.9 Å². The number of fused-ring (bicyclic) bond motifs is 1. The van der Waals surface area contributed by atoms with Crippen molar-refractivity contribution in [3.8, 4) is 5.75 Å². The first kappa shape index (κ1) is 10.7. The van der Waals surface area contributed by atoms with Gasteiger partial charge in [-0.1, -0.05) is 18.2 Å². The molecule has 0 heterocycles. The summed E-state index contributed by atoms with van der Waals surface area (Å²) in [7, 11) is 0. The summed E-state index contributed by atoms with van der Waals surface area (Å²) in [4.78, 5) is 11.8. The van der Waals surface area contributed by atoms with Gasteiger partial charge in [-0.15, -0.1) is 0 Å². The number of hydrogen-bond donors (Lipinski definition) is 1. The molecule has 0 spiro atoms. The Morgan fingerprint density at radius 2 is 1.94 bits per heavy atom. The third-order valence-electron chi connectivity index (χ3n) is 2.80.